The summed E-state index contributed by atoms with van der Waals surface area (Å²) in [5.41, 5.74) is 9.03. The van der Waals surface area contributed by atoms with E-state index in [1.165, 1.54) is 0 Å². The predicted molar refractivity (Wildman–Crippen MR) is 71.4 cm³/mol. The summed E-state index contributed by atoms with van der Waals surface area (Å²) in [7, 11) is 0. The van der Waals surface area contributed by atoms with Crippen LogP contribution in [0.2, 0.25) is 0 Å². The summed E-state index contributed by atoms with van der Waals surface area (Å²) in [5, 5.41) is 0. The van der Waals surface area contributed by atoms with E-state index in [4.69, 9.17) is 5.73 Å². The molecule has 0 radical (unpaired) electrons. The van der Waals surface area contributed by atoms with Gasteiger partial charge in [0.15, 0.2) is 5.82 Å². The number of hydrogen-bond acceptors (Lipinski definition) is 3. The summed E-state index contributed by atoms with van der Waals surface area (Å²) < 4.78 is 0.909. The van der Waals surface area contributed by atoms with Crippen molar-refractivity contribution in [3.63, 3.8) is 0 Å². The Hall–Kier alpha value is -1.88. The van der Waals surface area contributed by atoms with Gasteiger partial charge in [0.2, 0.25) is 0 Å². The number of nitrogen functional groups attached to an aromatic ring is 1. The maximum Gasteiger partial charge on any atom is 0.158 e. The van der Waals surface area contributed by atoms with Crippen LogP contribution in [0.3, 0.4) is 0 Å². The fraction of sp³-hybridized carbons (Fsp3) is 0. The van der Waals surface area contributed by atoms with Crippen LogP contribution in [0.1, 0.15) is 0 Å². The van der Waals surface area contributed by atoms with Gasteiger partial charge in [0.1, 0.15) is 5.69 Å². The van der Waals surface area contributed by atoms with Gasteiger partial charge in [-0.3, -0.25) is 4.98 Å². The SMILES string of the molecule is Nc1ccc2nc(-c3ncccc3Br)[nH]c2c1. The van der Waals surface area contributed by atoms with Gasteiger partial charge in [0, 0.05) is 16.4 Å². The van der Waals surface area contributed by atoms with Crippen LogP contribution in [0.25, 0.3) is 22.6 Å². The first-order chi connectivity index (χ1) is 8.24. The molecule has 0 aliphatic carbocycles. The van der Waals surface area contributed by atoms with Gasteiger partial charge >= 0.3 is 0 Å². The van der Waals surface area contributed by atoms with Crippen molar-refractivity contribution in [2.45, 2.75) is 0 Å². The van der Waals surface area contributed by atoms with Crippen LogP contribution in [-0.2, 0) is 0 Å². The molecule has 0 bridgehead atoms. The second-order valence-electron chi connectivity index (χ2n) is 3.70. The van der Waals surface area contributed by atoms with E-state index in [0.29, 0.717) is 5.69 Å². The molecule has 17 heavy (non-hydrogen) atoms. The first-order valence-corrected chi connectivity index (χ1v) is 5.89. The van der Waals surface area contributed by atoms with Crippen LogP contribution in [0.5, 0.6) is 0 Å². The Labute approximate surface area is 106 Å². The fourth-order valence-electron chi connectivity index (χ4n) is 1.70. The van der Waals surface area contributed by atoms with Crippen LogP contribution in [0, 0.1) is 0 Å². The molecule has 1 aromatic carbocycles. The molecule has 0 amide bonds. The third-order valence-electron chi connectivity index (χ3n) is 2.49. The molecule has 5 heteroatoms. The Balaban J connectivity index is 2.22. The zero-order valence-corrected chi connectivity index (χ0v) is 10.4. The number of halogens is 1. The van der Waals surface area contributed by atoms with Gasteiger partial charge in [-0.1, -0.05) is 0 Å². The number of anilines is 1. The van der Waals surface area contributed by atoms with Crippen molar-refractivity contribution in [1.82, 2.24) is 15.0 Å². The van der Waals surface area contributed by atoms with E-state index < -0.39 is 0 Å². The molecule has 3 rings (SSSR count). The summed E-state index contributed by atoms with van der Waals surface area (Å²) in [4.78, 5) is 12.0. The predicted octanol–water partition coefficient (Wildman–Crippen LogP) is 2.97. The van der Waals surface area contributed by atoms with E-state index >= 15 is 0 Å². The highest BCUT2D eigenvalue weighted by molar-refractivity contribution is 9.10. The number of rotatable bonds is 1. The Bertz CT molecular complexity index is 690. The maximum atomic E-state index is 5.73. The van der Waals surface area contributed by atoms with E-state index in [9.17, 15) is 0 Å². The smallest absolute Gasteiger partial charge is 0.158 e. The molecular weight excluding hydrogens is 280 g/mol. The summed E-state index contributed by atoms with van der Waals surface area (Å²) >= 11 is 3.46. The highest BCUT2D eigenvalue weighted by atomic mass is 79.9. The summed E-state index contributed by atoms with van der Waals surface area (Å²) in [6.45, 7) is 0. The number of pyridine rings is 1. The zero-order valence-electron chi connectivity index (χ0n) is 8.81. The molecule has 0 spiro atoms. The monoisotopic (exact) mass is 288 g/mol. The first-order valence-electron chi connectivity index (χ1n) is 5.10. The van der Waals surface area contributed by atoms with Gasteiger partial charge in [-0.2, -0.15) is 0 Å². The molecule has 0 atom stereocenters. The zero-order chi connectivity index (χ0) is 11.8. The van der Waals surface area contributed by atoms with Crippen molar-refractivity contribution >= 4 is 32.7 Å². The number of benzene rings is 1. The molecule has 3 N–H and O–H groups in total. The third-order valence-corrected chi connectivity index (χ3v) is 3.13. The van der Waals surface area contributed by atoms with Crippen molar-refractivity contribution in [1.29, 1.82) is 0 Å². The van der Waals surface area contributed by atoms with Gasteiger partial charge < -0.3 is 10.7 Å². The number of imidazole rings is 1. The van der Waals surface area contributed by atoms with Crippen molar-refractivity contribution in [2.75, 3.05) is 5.73 Å². The van der Waals surface area contributed by atoms with E-state index in [1.807, 2.05) is 30.3 Å². The van der Waals surface area contributed by atoms with Gasteiger partial charge in [-0.15, -0.1) is 0 Å². The highest BCUT2D eigenvalue weighted by Gasteiger charge is 2.09. The average Bonchev–Trinajstić information content (AvgIpc) is 2.72. The Morgan fingerprint density at radius 1 is 1.24 bits per heavy atom. The Morgan fingerprint density at radius 2 is 2.12 bits per heavy atom. The van der Waals surface area contributed by atoms with Crippen LogP contribution in [-0.4, -0.2) is 15.0 Å². The van der Waals surface area contributed by atoms with Crippen LogP contribution in [0.15, 0.2) is 41.0 Å². The number of aromatic nitrogens is 3. The molecule has 0 fully saturated rings. The number of H-pyrrole nitrogens is 1. The van der Waals surface area contributed by atoms with Crippen molar-refractivity contribution in [2.24, 2.45) is 0 Å². The topological polar surface area (TPSA) is 67.6 Å². The molecule has 2 heterocycles. The van der Waals surface area contributed by atoms with Crippen LogP contribution in [0.4, 0.5) is 5.69 Å². The standard InChI is InChI=1S/C12H9BrN4/c13-8-2-1-5-15-11(8)12-16-9-4-3-7(14)6-10(9)17-12/h1-6H,14H2,(H,16,17). The van der Waals surface area contributed by atoms with Crippen molar-refractivity contribution in [3.8, 4) is 11.5 Å². The van der Waals surface area contributed by atoms with E-state index in [-0.39, 0.29) is 0 Å². The van der Waals surface area contributed by atoms with Gasteiger partial charge in [0.25, 0.3) is 0 Å². The molecule has 0 saturated heterocycles. The Morgan fingerprint density at radius 3 is 2.94 bits per heavy atom. The molecular formula is C12H9BrN4. The average molecular weight is 289 g/mol. The number of aromatic amines is 1. The van der Waals surface area contributed by atoms with E-state index in [1.54, 1.807) is 6.20 Å². The number of nitrogens with zero attached hydrogens (tertiary/aromatic N) is 2. The van der Waals surface area contributed by atoms with Gasteiger partial charge in [-0.25, -0.2) is 4.98 Å². The minimum absolute atomic E-state index is 0.716. The lowest BCUT2D eigenvalue weighted by Gasteiger charge is -1.97. The normalized spacial score (nSPS) is 10.9. The van der Waals surface area contributed by atoms with Crippen molar-refractivity contribution in [3.05, 3.63) is 41.0 Å². The molecule has 4 nitrogen and oxygen atoms in total. The molecule has 84 valence electrons. The highest BCUT2D eigenvalue weighted by Crippen LogP contribution is 2.25. The quantitative estimate of drug-likeness (QED) is 0.677. The largest absolute Gasteiger partial charge is 0.399 e. The summed E-state index contributed by atoms with van der Waals surface area (Å²) in [5.74, 6) is 0.734. The summed E-state index contributed by atoms with van der Waals surface area (Å²) in [6.07, 6.45) is 1.74. The van der Waals surface area contributed by atoms with Crippen LogP contribution >= 0.6 is 15.9 Å². The number of hydrogen-bond donors (Lipinski definition) is 2. The maximum absolute atomic E-state index is 5.73. The molecule has 0 unspecified atom stereocenters. The molecule has 0 aliphatic heterocycles. The van der Waals surface area contributed by atoms with E-state index in [0.717, 1.165) is 27.0 Å². The third kappa shape index (κ3) is 1.78. The second kappa shape index (κ2) is 3.85. The lowest BCUT2D eigenvalue weighted by molar-refractivity contribution is 1.22. The number of fused-ring (bicyclic) bond motifs is 1. The van der Waals surface area contributed by atoms with Crippen LogP contribution < -0.4 is 5.73 Å². The van der Waals surface area contributed by atoms with Gasteiger partial charge in [-0.05, 0) is 46.3 Å². The molecule has 0 saturated carbocycles. The molecule has 2 aromatic heterocycles. The minimum Gasteiger partial charge on any atom is -0.399 e. The minimum atomic E-state index is 0.716. The lowest BCUT2D eigenvalue weighted by Crippen LogP contribution is -1.86. The lowest BCUT2D eigenvalue weighted by atomic mass is 10.3. The summed E-state index contributed by atoms with van der Waals surface area (Å²) in [6, 6.07) is 9.39. The second-order valence-corrected chi connectivity index (χ2v) is 4.55. The number of nitrogens with one attached hydrogen (secondary N) is 1. The Kier molecular flexibility index (Phi) is 2.33. The van der Waals surface area contributed by atoms with Gasteiger partial charge in [0.05, 0.1) is 11.0 Å². The fourth-order valence-corrected chi connectivity index (χ4v) is 2.14. The first kappa shape index (κ1) is 10.3. The number of nitrogens with two attached hydrogens (primary N) is 1. The van der Waals surface area contributed by atoms with Crippen molar-refractivity contribution < 1.29 is 0 Å². The molecule has 0 aliphatic rings. The van der Waals surface area contributed by atoms with E-state index in [2.05, 4.69) is 30.9 Å². The molecule has 3 aromatic rings.